The summed E-state index contributed by atoms with van der Waals surface area (Å²) in [5.74, 6) is 2.01. The molecule has 0 aromatic heterocycles. The van der Waals surface area contributed by atoms with Crippen molar-refractivity contribution in [3.05, 3.63) is 35.9 Å². The highest BCUT2D eigenvalue weighted by Crippen LogP contribution is 2.51. The Morgan fingerprint density at radius 1 is 1.23 bits per heavy atom. The standard InChI is InChI=1S/C11H17IS/c1-10(9-13(2,3)12)11-7-5-4-6-8-11/h4-8,10H,9H2,1-3H3. The highest BCUT2D eigenvalue weighted by atomic mass is 127. The van der Waals surface area contributed by atoms with Gasteiger partial charge in [-0.25, -0.2) is 0 Å². The summed E-state index contributed by atoms with van der Waals surface area (Å²) in [5.41, 5.74) is 1.47. The highest BCUT2D eigenvalue weighted by Gasteiger charge is 2.13. The van der Waals surface area contributed by atoms with Gasteiger partial charge in [-0.05, 0) is 51.0 Å². The monoisotopic (exact) mass is 308 g/mol. The molecule has 1 unspecified atom stereocenters. The van der Waals surface area contributed by atoms with Crippen LogP contribution in [0.2, 0.25) is 0 Å². The van der Waals surface area contributed by atoms with E-state index in [-0.39, 0.29) is 0 Å². The molecule has 0 amide bonds. The topological polar surface area (TPSA) is 0 Å². The van der Waals surface area contributed by atoms with Crippen molar-refractivity contribution in [1.82, 2.24) is 0 Å². The van der Waals surface area contributed by atoms with Crippen molar-refractivity contribution in [1.29, 1.82) is 0 Å². The third kappa shape index (κ3) is 4.36. The average molecular weight is 308 g/mol. The molecule has 1 atom stereocenters. The Morgan fingerprint density at radius 3 is 2.23 bits per heavy atom. The fourth-order valence-electron chi connectivity index (χ4n) is 1.47. The van der Waals surface area contributed by atoms with E-state index in [1.807, 2.05) is 0 Å². The molecular formula is C11H17IS. The fourth-order valence-corrected chi connectivity index (χ4v) is 4.47. The first-order valence-electron chi connectivity index (χ1n) is 4.44. The van der Waals surface area contributed by atoms with Crippen molar-refractivity contribution in [3.8, 4) is 0 Å². The van der Waals surface area contributed by atoms with E-state index in [0.717, 1.165) is 0 Å². The zero-order chi connectivity index (χ0) is 9.90. The summed E-state index contributed by atoms with van der Waals surface area (Å²) in [6.07, 6.45) is 4.74. The maximum Gasteiger partial charge on any atom is -0.00824 e. The molecule has 0 spiro atoms. The van der Waals surface area contributed by atoms with Crippen molar-refractivity contribution in [3.63, 3.8) is 0 Å². The summed E-state index contributed by atoms with van der Waals surface area (Å²) in [6, 6.07) is 10.8. The lowest BCUT2D eigenvalue weighted by Gasteiger charge is -2.26. The van der Waals surface area contributed by atoms with E-state index < -0.39 is 7.20 Å². The van der Waals surface area contributed by atoms with Gasteiger partial charge in [-0.15, -0.1) is 0 Å². The van der Waals surface area contributed by atoms with Gasteiger partial charge in [0.25, 0.3) is 0 Å². The van der Waals surface area contributed by atoms with Gasteiger partial charge in [0, 0.05) is 0 Å². The maximum atomic E-state index is 2.60. The Balaban J connectivity index is 2.64. The summed E-state index contributed by atoms with van der Waals surface area (Å²) in [6.45, 7) is 2.32. The van der Waals surface area contributed by atoms with Gasteiger partial charge in [0.15, 0.2) is 0 Å². The average Bonchev–Trinajstić information content (AvgIpc) is 2.03. The van der Waals surface area contributed by atoms with Crippen LogP contribution in [0, 0.1) is 0 Å². The summed E-state index contributed by atoms with van der Waals surface area (Å²) >= 11 is 2.60. The van der Waals surface area contributed by atoms with Gasteiger partial charge < -0.3 is 0 Å². The normalized spacial score (nSPS) is 15.4. The van der Waals surface area contributed by atoms with Crippen molar-refractivity contribution in [2.45, 2.75) is 12.8 Å². The lowest BCUT2D eigenvalue weighted by Crippen LogP contribution is -2.03. The van der Waals surface area contributed by atoms with Gasteiger partial charge in [-0.3, -0.25) is 0 Å². The number of halogens is 1. The number of hydrogen-bond acceptors (Lipinski definition) is 0. The van der Waals surface area contributed by atoms with Crippen LogP contribution in [0.5, 0.6) is 0 Å². The van der Waals surface area contributed by atoms with Crippen LogP contribution in [0.25, 0.3) is 0 Å². The quantitative estimate of drug-likeness (QED) is 0.734. The molecule has 1 aromatic rings. The Hall–Kier alpha value is 0.300. The summed E-state index contributed by atoms with van der Waals surface area (Å²) in [7, 11) is -0.402. The Morgan fingerprint density at radius 2 is 1.77 bits per heavy atom. The highest BCUT2D eigenvalue weighted by molar-refractivity contribution is 14.2. The van der Waals surface area contributed by atoms with E-state index in [9.17, 15) is 0 Å². The van der Waals surface area contributed by atoms with Gasteiger partial charge in [-0.1, -0.05) is 37.3 Å². The third-order valence-corrected chi connectivity index (χ3v) is 4.39. The lowest BCUT2D eigenvalue weighted by atomic mass is 10.0. The predicted octanol–water partition coefficient (Wildman–Crippen LogP) is 4.20. The first kappa shape index (κ1) is 11.4. The van der Waals surface area contributed by atoms with E-state index in [1.165, 1.54) is 11.3 Å². The molecule has 1 rings (SSSR count). The van der Waals surface area contributed by atoms with Crippen LogP contribution >= 0.6 is 28.4 Å². The first-order chi connectivity index (χ1) is 5.99. The lowest BCUT2D eigenvalue weighted by molar-refractivity contribution is 0.879. The van der Waals surface area contributed by atoms with Crippen LogP contribution in [-0.2, 0) is 0 Å². The molecule has 0 saturated carbocycles. The molecule has 0 N–H and O–H groups in total. The Labute approximate surface area is 95.0 Å². The van der Waals surface area contributed by atoms with Crippen molar-refractivity contribution < 1.29 is 0 Å². The predicted molar refractivity (Wildman–Crippen MR) is 73.2 cm³/mol. The molecule has 74 valence electrons. The second-order valence-corrected chi connectivity index (χ2v) is 14.2. The third-order valence-electron chi connectivity index (χ3n) is 2.01. The van der Waals surface area contributed by atoms with Gasteiger partial charge in [0.1, 0.15) is 0 Å². The van der Waals surface area contributed by atoms with Crippen LogP contribution in [0.15, 0.2) is 30.3 Å². The SMILES string of the molecule is CC(CS(C)(C)I)c1ccccc1. The zero-order valence-corrected chi connectivity index (χ0v) is 11.4. The zero-order valence-electron chi connectivity index (χ0n) is 8.46. The van der Waals surface area contributed by atoms with Gasteiger partial charge in [0.05, 0.1) is 0 Å². The molecule has 0 heterocycles. The minimum absolute atomic E-state index is 0.402. The molecule has 0 aliphatic heterocycles. The van der Waals surface area contributed by atoms with E-state index in [1.54, 1.807) is 0 Å². The van der Waals surface area contributed by atoms with Crippen molar-refractivity contribution >= 4 is 28.4 Å². The first-order valence-corrected chi connectivity index (χ1v) is 9.61. The van der Waals surface area contributed by atoms with Gasteiger partial charge in [-0.2, -0.15) is 7.20 Å². The number of rotatable bonds is 3. The molecule has 0 radical (unpaired) electrons. The van der Waals surface area contributed by atoms with E-state index in [2.05, 4.69) is 71.0 Å². The second kappa shape index (κ2) is 4.69. The van der Waals surface area contributed by atoms with Gasteiger partial charge in [0.2, 0.25) is 0 Å². The largest absolute Gasteiger partial charge is 0.193 e. The molecule has 0 aliphatic carbocycles. The minimum Gasteiger partial charge on any atom is -0.193 e. The maximum absolute atomic E-state index is 2.60. The molecule has 0 saturated heterocycles. The van der Waals surface area contributed by atoms with E-state index in [4.69, 9.17) is 0 Å². The molecule has 2 heteroatoms. The number of hydrogen-bond donors (Lipinski definition) is 0. The van der Waals surface area contributed by atoms with E-state index in [0.29, 0.717) is 5.92 Å². The van der Waals surface area contributed by atoms with Crippen LogP contribution < -0.4 is 0 Å². The summed E-state index contributed by atoms with van der Waals surface area (Å²) < 4.78 is 0. The molecular weight excluding hydrogens is 291 g/mol. The van der Waals surface area contributed by atoms with Crippen molar-refractivity contribution in [2.75, 3.05) is 18.3 Å². The van der Waals surface area contributed by atoms with Crippen LogP contribution in [-0.4, -0.2) is 18.3 Å². The molecule has 0 fully saturated rings. The Kier molecular flexibility index (Phi) is 4.10. The smallest absolute Gasteiger partial charge is 0.00824 e. The fraction of sp³-hybridized carbons (Fsp3) is 0.455. The molecule has 13 heavy (non-hydrogen) atoms. The van der Waals surface area contributed by atoms with Gasteiger partial charge >= 0.3 is 0 Å². The van der Waals surface area contributed by atoms with Crippen molar-refractivity contribution in [2.24, 2.45) is 0 Å². The molecule has 0 nitrogen and oxygen atoms in total. The van der Waals surface area contributed by atoms with E-state index >= 15 is 0 Å². The summed E-state index contributed by atoms with van der Waals surface area (Å²) in [5, 5.41) is 0. The van der Waals surface area contributed by atoms with Crippen LogP contribution in [0.1, 0.15) is 18.4 Å². The molecule has 0 aliphatic rings. The number of benzene rings is 1. The van der Waals surface area contributed by atoms with Crippen LogP contribution in [0.4, 0.5) is 0 Å². The Bertz CT molecular complexity index is 251. The minimum atomic E-state index is -0.402. The molecule has 0 bridgehead atoms. The van der Waals surface area contributed by atoms with Crippen LogP contribution in [0.3, 0.4) is 0 Å². The molecule has 1 aromatic carbocycles. The second-order valence-electron chi connectivity index (χ2n) is 3.88. The summed E-state index contributed by atoms with van der Waals surface area (Å²) in [4.78, 5) is 0.